The van der Waals surface area contributed by atoms with Crippen LogP contribution in [0.2, 0.25) is 0 Å². The number of amidine groups is 1. The van der Waals surface area contributed by atoms with Crippen molar-refractivity contribution in [3.63, 3.8) is 0 Å². The van der Waals surface area contributed by atoms with Gasteiger partial charge in [0.1, 0.15) is 29.0 Å². The van der Waals surface area contributed by atoms with Gasteiger partial charge in [0.05, 0.1) is 35.8 Å². The number of nitrogens with zero attached hydrogens (tertiary/aromatic N) is 5. The van der Waals surface area contributed by atoms with Gasteiger partial charge in [0, 0.05) is 7.97 Å². The van der Waals surface area contributed by atoms with E-state index in [1.54, 1.807) is 12.4 Å². The van der Waals surface area contributed by atoms with Crippen molar-refractivity contribution in [1.82, 2.24) is 20.0 Å². The van der Waals surface area contributed by atoms with Gasteiger partial charge in [0.15, 0.2) is 0 Å². The number of fused-ring (bicyclic) bond motifs is 2. The minimum Gasteiger partial charge on any atom is -0.308 e. The Kier molecular flexibility index (Phi) is 2.85. The molecule has 0 amide bonds. The standard InChI is InChI=1S/C17H14F2N6.H2/c1-2-9-5-11(18)14(12(19)6-9)16-22-13-8-20-23-15(13)10-7-21-25-4-3-24(16)17(10)25;/h5-8H,2-4H2,1H3,(H,20,23);1H. The fourth-order valence-electron chi connectivity index (χ4n) is 3.48. The highest BCUT2D eigenvalue weighted by Gasteiger charge is 2.35. The third-order valence-electron chi connectivity index (χ3n) is 4.71. The van der Waals surface area contributed by atoms with Gasteiger partial charge in [-0.05, 0) is 24.1 Å². The van der Waals surface area contributed by atoms with E-state index < -0.39 is 11.6 Å². The highest BCUT2D eigenvalue weighted by molar-refractivity contribution is 6.14. The maximum atomic E-state index is 14.8. The number of hydrogen-bond acceptors (Lipinski definition) is 4. The molecule has 3 aromatic rings. The number of anilines is 1. The number of aromatic amines is 1. The van der Waals surface area contributed by atoms with Gasteiger partial charge < -0.3 is 4.90 Å². The maximum Gasteiger partial charge on any atom is 0.148 e. The van der Waals surface area contributed by atoms with Crippen LogP contribution in [-0.2, 0) is 13.0 Å². The number of aliphatic imine (C=N–C) groups is 1. The number of aromatic nitrogens is 4. The number of H-pyrrole nitrogens is 1. The molecule has 0 saturated carbocycles. The van der Waals surface area contributed by atoms with E-state index in [0.29, 0.717) is 36.5 Å². The van der Waals surface area contributed by atoms with Gasteiger partial charge in [-0.3, -0.25) is 5.10 Å². The molecule has 1 N–H and O–H groups in total. The molecule has 5 rings (SSSR count). The van der Waals surface area contributed by atoms with Crippen molar-refractivity contribution >= 4 is 17.3 Å². The van der Waals surface area contributed by atoms with Crippen LogP contribution in [0.3, 0.4) is 0 Å². The van der Waals surface area contributed by atoms with Gasteiger partial charge in [0.2, 0.25) is 0 Å². The van der Waals surface area contributed by atoms with Crippen molar-refractivity contribution in [2.45, 2.75) is 19.9 Å². The third-order valence-corrected chi connectivity index (χ3v) is 4.71. The predicted octanol–water partition coefficient (Wildman–Crippen LogP) is 3.27. The lowest BCUT2D eigenvalue weighted by Crippen LogP contribution is -2.31. The molecule has 25 heavy (non-hydrogen) atoms. The van der Waals surface area contributed by atoms with E-state index in [1.807, 2.05) is 16.5 Å². The molecule has 2 aromatic heterocycles. The van der Waals surface area contributed by atoms with E-state index in [9.17, 15) is 8.78 Å². The average Bonchev–Trinajstić information content (AvgIpc) is 3.27. The molecule has 8 heteroatoms. The molecule has 0 unspecified atom stereocenters. The van der Waals surface area contributed by atoms with Crippen molar-refractivity contribution in [1.29, 1.82) is 0 Å². The van der Waals surface area contributed by atoms with Crippen LogP contribution in [-0.4, -0.2) is 32.4 Å². The Morgan fingerprint density at radius 2 is 2.00 bits per heavy atom. The number of hydrogen-bond donors (Lipinski definition) is 1. The summed E-state index contributed by atoms with van der Waals surface area (Å²) in [6.45, 7) is 3.05. The Labute approximate surface area is 143 Å². The first kappa shape index (κ1) is 14.3. The molecule has 128 valence electrons. The Bertz CT molecular complexity index is 1010. The summed E-state index contributed by atoms with van der Waals surface area (Å²) in [5.74, 6) is -0.192. The lowest BCUT2D eigenvalue weighted by molar-refractivity contribution is 0.575. The molecular weight excluding hydrogens is 326 g/mol. The maximum absolute atomic E-state index is 14.8. The van der Waals surface area contributed by atoms with Crippen molar-refractivity contribution in [3.8, 4) is 11.3 Å². The van der Waals surface area contributed by atoms with E-state index in [1.165, 1.54) is 12.1 Å². The second-order valence-electron chi connectivity index (χ2n) is 6.11. The van der Waals surface area contributed by atoms with Crippen LogP contribution in [0.5, 0.6) is 0 Å². The monoisotopic (exact) mass is 342 g/mol. The minimum atomic E-state index is -0.609. The minimum absolute atomic E-state index is 0. The van der Waals surface area contributed by atoms with Crippen LogP contribution in [0.4, 0.5) is 20.3 Å². The van der Waals surface area contributed by atoms with Gasteiger partial charge >= 0.3 is 0 Å². The molecule has 2 aliphatic rings. The number of nitrogens with one attached hydrogen (secondary N) is 1. The molecule has 1 aromatic carbocycles. The van der Waals surface area contributed by atoms with Gasteiger partial charge in [-0.1, -0.05) is 6.92 Å². The van der Waals surface area contributed by atoms with E-state index in [0.717, 1.165) is 11.4 Å². The summed E-state index contributed by atoms with van der Waals surface area (Å²) in [5.41, 5.74) is 2.57. The molecule has 2 aliphatic heterocycles. The Morgan fingerprint density at radius 1 is 1.20 bits per heavy atom. The van der Waals surface area contributed by atoms with Crippen LogP contribution in [0.1, 0.15) is 19.5 Å². The zero-order valence-electron chi connectivity index (χ0n) is 13.4. The van der Waals surface area contributed by atoms with Gasteiger partial charge in [-0.15, -0.1) is 0 Å². The quantitative estimate of drug-likeness (QED) is 0.777. The first-order valence-corrected chi connectivity index (χ1v) is 8.11. The van der Waals surface area contributed by atoms with E-state index in [-0.39, 0.29) is 12.8 Å². The Balaban J connectivity index is 0.00000168. The molecule has 0 spiro atoms. The normalized spacial score (nSPS) is 15.0. The summed E-state index contributed by atoms with van der Waals surface area (Å²) < 4.78 is 31.3. The van der Waals surface area contributed by atoms with Crippen molar-refractivity contribution in [2.24, 2.45) is 4.99 Å². The van der Waals surface area contributed by atoms with Crippen LogP contribution in [0, 0.1) is 11.6 Å². The molecule has 0 radical (unpaired) electrons. The van der Waals surface area contributed by atoms with Crippen LogP contribution < -0.4 is 4.90 Å². The fraction of sp³-hybridized carbons (Fsp3) is 0.235. The fourth-order valence-corrected chi connectivity index (χ4v) is 3.48. The van der Waals surface area contributed by atoms with Crippen LogP contribution in [0.25, 0.3) is 11.3 Å². The largest absolute Gasteiger partial charge is 0.308 e. The zero-order valence-corrected chi connectivity index (χ0v) is 13.4. The Morgan fingerprint density at radius 3 is 2.76 bits per heavy atom. The van der Waals surface area contributed by atoms with Gasteiger partial charge in [0.25, 0.3) is 0 Å². The molecule has 0 atom stereocenters. The summed E-state index contributed by atoms with van der Waals surface area (Å²) in [6, 6.07) is 2.74. The number of aryl methyl sites for hydroxylation is 1. The van der Waals surface area contributed by atoms with Gasteiger partial charge in [-0.2, -0.15) is 10.2 Å². The highest BCUT2D eigenvalue weighted by Crippen LogP contribution is 2.41. The SMILES string of the molecule is CCc1cc(F)c(C2=Nc3cn[nH]c3-c3cnn4c3N2CC4)c(F)c1.[HH]. The van der Waals surface area contributed by atoms with E-state index in [4.69, 9.17) is 0 Å². The second kappa shape index (κ2) is 4.98. The zero-order chi connectivity index (χ0) is 17.1. The summed E-state index contributed by atoms with van der Waals surface area (Å²) in [6.07, 6.45) is 3.84. The molecular formula is C17H16F2N6. The highest BCUT2D eigenvalue weighted by atomic mass is 19.1. The Hall–Kier alpha value is -3.03. The lowest BCUT2D eigenvalue weighted by Gasteiger charge is -2.20. The molecule has 4 heterocycles. The predicted molar refractivity (Wildman–Crippen MR) is 91.2 cm³/mol. The molecule has 0 saturated heterocycles. The molecule has 6 nitrogen and oxygen atoms in total. The van der Waals surface area contributed by atoms with Crippen LogP contribution >= 0.6 is 0 Å². The summed E-state index contributed by atoms with van der Waals surface area (Å²) in [5, 5.41) is 11.3. The van der Waals surface area contributed by atoms with Gasteiger partial charge in [-0.25, -0.2) is 18.5 Å². The molecule has 0 fully saturated rings. The topological polar surface area (TPSA) is 62.1 Å². The smallest absolute Gasteiger partial charge is 0.148 e. The number of halogens is 2. The first-order valence-electron chi connectivity index (χ1n) is 8.11. The van der Waals surface area contributed by atoms with Crippen LogP contribution in [0.15, 0.2) is 29.5 Å². The summed E-state index contributed by atoms with van der Waals surface area (Å²) in [7, 11) is 0. The second-order valence-corrected chi connectivity index (χ2v) is 6.11. The van der Waals surface area contributed by atoms with Crippen molar-refractivity contribution in [2.75, 3.05) is 11.4 Å². The third kappa shape index (κ3) is 1.90. The molecule has 0 aliphatic carbocycles. The van der Waals surface area contributed by atoms with E-state index in [2.05, 4.69) is 20.3 Å². The molecule has 0 bridgehead atoms. The first-order chi connectivity index (χ1) is 12.2. The lowest BCUT2D eigenvalue weighted by atomic mass is 10.1. The number of rotatable bonds is 2. The van der Waals surface area contributed by atoms with Crippen molar-refractivity contribution < 1.29 is 10.2 Å². The number of benzene rings is 1. The summed E-state index contributed by atoms with van der Waals surface area (Å²) >= 11 is 0. The van der Waals surface area contributed by atoms with Crippen molar-refractivity contribution in [3.05, 3.63) is 47.3 Å². The average molecular weight is 342 g/mol. The van der Waals surface area contributed by atoms with E-state index >= 15 is 0 Å². The summed E-state index contributed by atoms with van der Waals surface area (Å²) in [4.78, 5) is 6.37.